The van der Waals surface area contributed by atoms with Crippen LogP contribution in [0.5, 0.6) is 0 Å². The molecule has 3 rings (SSSR count). The van der Waals surface area contributed by atoms with Gasteiger partial charge in [-0.15, -0.1) is 5.10 Å². The van der Waals surface area contributed by atoms with E-state index in [-0.39, 0.29) is 0 Å². The third kappa shape index (κ3) is 2.05. The molecule has 1 fully saturated rings. The molecule has 0 spiro atoms. The molecule has 1 heterocycles. The number of benzene rings is 1. The summed E-state index contributed by atoms with van der Waals surface area (Å²) in [6.45, 7) is 2.44. The molecular formula is C14H17ClN4. The molecule has 0 atom stereocenters. The summed E-state index contributed by atoms with van der Waals surface area (Å²) in [5.41, 5.74) is 9.88. The van der Waals surface area contributed by atoms with Crippen molar-refractivity contribution >= 4 is 11.6 Å². The molecule has 100 valence electrons. The van der Waals surface area contributed by atoms with E-state index >= 15 is 0 Å². The van der Waals surface area contributed by atoms with Crippen molar-refractivity contribution in [1.29, 1.82) is 0 Å². The third-order valence-corrected chi connectivity index (χ3v) is 4.34. The molecule has 4 nitrogen and oxygen atoms in total. The Morgan fingerprint density at radius 2 is 2.21 bits per heavy atom. The molecule has 1 aliphatic rings. The van der Waals surface area contributed by atoms with Crippen LogP contribution in [-0.2, 0) is 6.54 Å². The van der Waals surface area contributed by atoms with E-state index in [0.717, 1.165) is 22.0 Å². The molecule has 1 aromatic carbocycles. The monoisotopic (exact) mass is 276 g/mol. The molecule has 2 N–H and O–H groups in total. The summed E-state index contributed by atoms with van der Waals surface area (Å²) >= 11 is 6.20. The lowest BCUT2D eigenvalue weighted by atomic mass is 9.82. The smallest absolute Gasteiger partial charge is 0.100 e. The van der Waals surface area contributed by atoms with Crippen LogP contribution in [-0.4, -0.2) is 15.0 Å². The Morgan fingerprint density at radius 3 is 2.84 bits per heavy atom. The second-order valence-electron chi connectivity index (χ2n) is 5.05. The average molecular weight is 277 g/mol. The number of hydrogen-bond donors (Lipinski definition) is 1. The molecule has 0 amide bonds. The van der Waals surface area contributed by atoms with Crippen LogP contribution in [0, 0.1) is 6.92 Å². The standard InChI is InChI=1S/C14H17ClN4/c1-9-11(15)6-3-7-13(9)19-14(10-4-2-5-10)12(8-16)17-18-19/h3,6-7,10H,2,4-5,8,16H2,1H3. The van der Waals surface area contributed by atoms with Crippen molar-refractivity contribution in [3.05, 3.63) is 40.2 Å². The minimum atomic E-state index is 0.436. The van der Waals surface area contributed by atoms with Gasteiger partial charge in [0.1, 0.15) is 5.69 Å². The van der Waals surface area contributed by atoms with Crippen molar-refractivity contribution in [2.24, 2.45) is 5.73 Å². The van der Waals surface area contributed by atoms with Gasteiger partial charge in [-0.2, -0.15) is 0 Å². The van der Waals surface area contributed by atoms with E-state index in [1.165, 1.54) is 25.0 Å². The van der Waals surface area contributed by atoms with Crippen molar-refractivity contribution in [2.75, 3.05) is 0 Å². The van der Waals surface area contributed by atoms with Gasteiger partial charge in [0.05, 0.1) is 11.4 Å². The number of rotatable bonds is 3. The van der Waals surface area contributed by atoms with Crippen molar-refractivity contribution in [2.45, 2.75) is 38.6 Å². The van der Waals surface area contributed by atoms with Gasteiger partial charge in [-0.1, -0.05) is 29.3 Å². The number of nitrogens with zero attached hydrogens (tertiary/aromatic N) is 3. The van der Waals surface area contributed by atoms with Gasteiger partial charge in [0.15, 0.2) is 0 Å². The maximum absolute atomic E-state index is 6.20. The molecule has 0 radical (unpaired) electrons. The molecule has 1 aliphatic carbocycles. The highest BCUT2D eigenvalue weighted by Crippen LogP contribution is 2.38. The Kier molecular flexibility index (Phi) is 3.29. The Hall–Kier alpha value is -1.39. The van der Waals surface area contributed by atoms with E-state index in [0.29, 0.717) is 12.5 Å². The fourth-order valence-electron chi connectivity index (χ4n) is 2.56. The predicted octanol–water partition coefficient (Wildman–Crippen LogP) is 2.96. The fraction of sp³-hybridized carbons (Fsp3) is 0.429. The molecule has 1 aromatic heterocycles. The average Bonchev–Trinajstić information content (AvgIpc) is 2.74. The second kappa shape index (κ2) is 4.94. The summed E-state index contributed by atoms with van der Waals surface area (Å²) in [7, 11) is 0. The summed E-state index contributed by atoms with van der Waals surface area (Å²) < 4.78 is 1.92. The summed E-state index contributed by atoms with van der Waals surface area (Å²) in [5.74, 6) is 0.534. The Balaban J connectivity index is 2.14. The topological polar surface area (TPSA) is 56.7 Å². The van der Waals surface area contributed by atoms with E-state index in [2.05, 4.69) is 10.3 Å². The largest absolute Gasteiger partial charge is 0.325 e. The van der Waals surface area contributed by atoms with E-state index in [1.54, 1.807) is 0 Å². The number of hydrogen-bond acceptors (Lipinski definition) is 3. The quantitative estimate of drug-likeness (QED) is 0.938. The van der Waals surface area contributed by atoms with Crippen LogP contribution in [0.1, 0.15) is 42.1 Å². The van der Waals surface area contributed by atoms with Crippen LogP contribution in [0.15, 0.2) is 18.2 Å². The molecule has 0 bridgehead atoms. The van der Waals surface area contributed by atoms with Gasteiger partial charge in [0.25, 0.3) is 0 Å². The lowest BCUT2D eigenvalue weighted by molar-refractivity contribution is 0.400. The molecule has 0 unspecified atom stereocenters. The van der Waals surface area contributed by atoms with Gasteiger partial charge < -0.3 is 5.73 Å². The van der Waals surface area contributed by atoms with Crippen LogP contribution in [0.25, 0.3) is 5.69 Å². The SMILES string of the molecule is Cc1c(Cl)cccc1-n1nnc(CN)c1C1CCC1. The van der Waals surface area contributed by atoms with Crippen LogP contribution in [0.2, 0.25) is 5.02 Å². The van der Waals surface area contributed by atoms with Crippen LogP contribution >= 0.6 is 11.6 Å². The third-order valence-electron chi connectivity index (χ3n) is 3.93. The van der Waals surface area contributed by atoms with Crippen molar-refractivity contribution < 1.29 is 0 Å². The van der Waals surface area contributed by atoms with Crippen LogP contribution < -0.4 is 5.73 Å². The Morgan fingerprint density at radius 1 is 1.42 bits per heavy atom. The highest BCUT2D eigenvalue weighted by atomic mass is 35.5. The van der Waals surface area contributed by atoms with Crippen molar-refractivity contribution in [1.82, 2.24) is 15.0 Å². The molecule has 0 aliphatic heterocycles. The highest BCUT2D eigenvalue weighted by molar-refractivity contribution is 6.31. The number of nitrogens with two attached hydrogens (primary N) is 1. The van der Waals surface area contributed by atoms with Gasteiger partial charge in [0, 0.05) is 17.5 Å². The number of aromatic nitrogens is 3. The first kappa shape index (κ1) is 12.6. The van der Waals surface area contributed by atoms with Crippen LogP contribution in [0.4, 0.5) is 0 Å². The molecule has 1 saturated carbocycles. The second-order valence-corrected chi connectivity index (χ2v) is 5.46. The van der Waals surface area contributed by atoms with Gasteiger partial charge in [-0.3, -0.25) is 0 Å². The maximum atomic E-state index is 6.20. The summed E-state index contributed by atoms with van der Waals surface area (Å²) in [6, 6.07) is 5.86. The van der Waals surface area contributed by atoms with Gasteiger partial charge in [-0.05, 0) is 37.5 Å². The molecule has 19 heavy (non-hydrogen) atoms. The molecule has 2 aromatic rings. The Labute approximate surface area is 117 Å². The minimum Gasteiger partial charge on any atom is -0.325 e. The first-order chi connectivity index (χ1) is 9.22. The van der Waals surface area contributed by atoms with Gasteiger partial charge in [-0.25, -0.2) is 4.68 Å². The fourth-order valence-corrected chi connectivity index (χ4v) is 2.73. The molecule has 5 heteroatoms. The summed E-state index contributed by atoms with van der Waals surface area (Å²) in [4.78, 5) is 0. The summed E-state index contributed by atoms with van der Waals surface area (Å²) in [5, 5.41) is 9.27. The zero-order chi connectivity index (χ0) is 13.4. The highest BCUT2D eigenvalue weighted by Gasteiger charge is 2.28. The molecule has 0 saturated heterocycles. The minimum absolute atomic E-state index is 0.436. The van der Waals surface area contributed by atoms with E-state index in [9.17, 15) is 0 Å². The van der Waals surface area contributed by atoms with E-state index in [4.69, 9.17) is 17.3 Å². The Bertz CT molecular complexity index is 601. The zero-order valence-electron chi connectivity index (χ0n) is 10.9. The maximum Gasteiger partial charge on any atom is 0.100 e. The number of halogens is 1. The van der Waals surface area contributed by atoms with Crippen LogP contribution in [0.3, 0.4) is 0 Å². The van der Waals surface area contributed by atoms with Gasteiger partial charge >= 0.3 is 0 Å². The van der Waals surface area contributed by atoms with E-state index in [1.807, 2.05) is 29.8 Å². The summed E-state index contributed by atoms with van der Waals surface area (Å²) in [6.07, 6.45) is 3.66. The lowest BCUT2D eigenvalue weighted by Crippen LogP contribution is -2.17. The molecular weight excluding hydrogens is 260 g/mol. The normalized spacial score (nSPS) is 15.5. The van der Waals surface area contributed by atoms with Crippen molar-refractivity contribution in [3.63, 3.8) is 0 Å². The zero-order valence-corrected chi connectivity index (χ0v) is 11.7. The van der Waals surface area contributed by atoms with Gasteiger partial charge in [0.2, 0.25) is 0 Å². The predicted molar refractivity (Wildman–Crippen MR) is 75.6 cm³/mol. The lowest BCUT2D eigenvalue weighted by Gasteiger charge is -2.27. The first-order valence-electron chi connectivity index (χ1n) is 6.62. The first-order valence-corrected chi connectivity index (χ1v) is 7.00. The van der Waals surface area contributed by atoms with E-state index < -0.39 is 0 Å². The van der Waals surface area contributed by atoms with Crippen molar-refractivity contribution in [3.8, 4) is 5.69 Å².